The lowest BCUT2D eigenvalue weighted by Crippen LogP contribution is -2.33. The van der Waals surface area contributed by atoms with E-state index in [2.05, 4.69) is 19.2 Å². The van der Waals surface area contributed by atoms with Crippen LogP contribution in [0.25, 0.3) is 0 Å². The highest BCUT2D eigenvalue weighted by atomic mass is 16.5. The Hall–Kier alpha value is -0.0800. The summed E-state index contributed by atoms with van der Waals surface area (Å²) in [5.41, 5.74) is 0. The van der Waals surface area contributed by atoms with Gasteiger partial charge in [0.15, 0.2) is 0 Å². The van der Waals surface area contributed by atoms with Gasteiger partial charge in [0.05, 0.1) is 6.10 Å². The summed E-state index contributed by atoms with van der Waals surface area (Å²) < 4.78 is 5.71. The van der Waals surface area contributed by atoms with Gasteiger partial charge >= 0.3 is 0 Å². The fraction of sp³-hybridized carbons (Fsp3) is 1.00. The molecule has 0 spiro atoms. The molecule has 0 heterocycles. The van der Waals surface area contributed by atoms with Crippen molar-refractivity contribution in [3.63, 3.8) is 0 Å². The van der Waals surface area contributed by atoms with Crippen LogP contribution >= 0.6 is 0 Å². The first kappa shape index (κ1) is 17.9. The second-order valence-electron chi connectivity index (χ2n) is 5.03. The highest BCUT2D eigenvalue weighted by Crippen LogP contribution is 2.22. The van der Waals surface area contributed by atoms with E-state index in [4.69, 9.17) is 4.74 Å². The molecular weight excluding hydrogens is 222 g/mol. The van der Waals surface area contributed by atoms with Gasteiger partial charge in [-0.15, -0.1) is 0 Å². The standard InChI is InChI=1S/C14H29NO.C2H6/c1-3-8-14(16-4-2)12-15-11-13-9-6-5-7-10-13;1-2/h13-15H,3-12H2,1-2H3;1-2H3. The Morgan fingerprint density at radius 3 is 2.33 bits per heavy atom. The van der Waals surface area contributed by atoms with Crippen LogP contribution in [0.3, 0.4) is 0 Å². The third-order valence-electron chi connectivity index (χ3n) is 3.54. The van der Waals surface area contributed by atoms with Gasteiger partial charge in [-0.2, -0.15) is 0 Å². The third kappa shape index (κ3) is 8.93. The zero-order chi connectivity index (χ0) is 13.6. The van der Waals surface area contributed by atoms with E-state index in [1.54, 1.807) is 0 Å². The van der Waals surface area contributed by atoms with Gasteiger partial charge < -0.3 is 10.1 Å². The van der Waals surface area contributed by atoms with Gasteiger partial charge in [0.2, 0.25) is 0 Å². The first-order valence-electron chi connectivity index (χ1n) is 8.19. The Morgan fingerprint density at radius 2 is 1.78 bits per heavy atom. The average molecular weight is 257 g/mol. The summed E-state index contributed by atoms with van der Waals surface area (Å²) in [6.45, 7) is 11.4. The molecule has 1 rings (SSSR count). The Morgan fingerprint density at radius 1 is 1.11 bits per heavy atom. The lowest BCUT2D eigenvalue weighted by Gasteiger charge is -2.23. The summed E-state index contributed by atoms with van der Waals surface area (Å²) in [4.78, 5) is 0. The fourth-order valence-electron chi connectivity index (χ4n) is 2.64. The van der Waals surface area contributed by atoms with Crippen LogP contribution in [-0.2, 0) is 4.74 Å². The van der Waals surface area contributed by atoms with Crippen LogP contribution in [0.1, 0.15) is 72.6 Å². The molecule has 0 radical (unpaired) electrons. The number of hydrogen-bond donors (Lipinski definition) is 1. The van der Waals surface area contributed by atoms with Gasteiger partial charge in [0.25, 0.3) is 0 Å². The van der Waals surface area contributed by atoms with E-state index in [9.17, 15) is 0 Å². The van der Waals surface area contributed by atoms with Crippen molar-refractivity contribution in [2.75, 3.05) is 19.7 Å². The van der Waals surface area contributed by atoms with E-state index < -0.39 is 0 Å². The van der Waals surface area contributed by atoms with Crippen molar-refractivity contribution in [3.05, 3.63) is 0 Å². The monoisotopic (exact) mass is 257 g/mol. The quantitative estimate of drug-likeness (QED) is 0.696. The molecule has 1 unspecified atom stereocenters. The lowest BCUT2D eigenvalue weighted by molar-refractivity contribution is 0.0553. The summed E-state index contributed by atoms with van der Waals surface area (Å²) in [7, 11) is 0. The summed E-state index contributed by atoms with van der Waals surface area (Å²) in [6, 6.07) is 0. The summed E-state index contributed by atoms with van der Waals surface area (Å²) in [5, 5.41) is 3.60. The molecule has 0 aromatic rings. The van der Waals surface area contributed by atoms with Crippen LogP contribution in [0, 0.1) is 5.92 Å². The Kier molecular flexibility index (Phi) is 13.3. The van der Waals surface area contributed by atoms with Gasteiger partial charge in [-0.3, -0.25) is 0 Å². The number of nitrogens with one attached hydrogen (secondary N) is 1. The molecule has 2 nitrogen and oxygen atoms in total. The highest BCUT2D eigenvalue weighted by Gasteiger charge is 2.13. The van der Waals surface area contributed by atoms with E-state index in [1.165, 1.54) is 51.5 Å². The van der Waals surface area contributed by atoms with Crippen molar-refractivity contribution in [1.82, 2.24) is 5.32 Å². The van der Waals surface area contributed by atoms with Crippen LogP contribution in [-0.4, -0.2) is 25.8 Å². The predicted octanol–water partition coefficient (Wildman–Crippen LogP) is 4.39. The van der Waals surface area contributed by atoms with Gasteiger partial charge in [-0.25, -0.2) is 0 Å². The van der Waals surface area contributed by atoms with Gasteiger partial charge in [-0.1, -0.05) is 46.5 Å². The van der Waals surface area contributed by atoms with Crippen LogP contribution in [0.2, 0.25) is 0 Å². The van der Waals surface area contributed by atoms with Crippen molar-refractivity contribution in [2.45, 2.75) is 78.7 Å². The normalized spacial score (nSPS) is 18.0. The molecule has 0 aromatic carbocycles. The molecule has 0 saturated heterocycles. The van der Waals surface area contributed by atoms with Crippen molar-refractivity contribution in [3.8, 4) is 0 Å². The maximum absolute atomic E-state index is 5.71. The van der Waals surface area contributed by atoms with Crippen LogP contribution < -0.4 is 5.32 Å². The maximum atomic E-state index is 5.71. The van der Waals surface area contributed by atoms with E-state index in [-0.39, 0.29) is 0 Å². The van der Waals surface area contributed by atoms with E-state index in [0.29, 0.717) is 6.10 Å². The summed E-state index contributed by atoms with van der Waals surface area (Å²) in [5.74, 6) is 0.928. The Bertz CT molecular complexity index is 149. The molecule has 1 aliphatic rings. The minimum atomic E-state index is 0.429. The molecule has 110 valence electrons. The smallest absolute Gasteiger partial charge is 0.0699 e. The van der Waals surface area contributed by atoms with Crippen molar-refractivity contribution in [1.29, 1.82) is 0 Å². The Labute approximate surface area is 115 Å². The van der Waals surface area contributed by atoms with Gasteiger partial charge in [-0.05, 0) is 38.6 Å². The minimum Gasteiger partial charge on any atom is -0.377 e. The molecule has 1 aliphatic carbocycles. The molecule has 0 amide bonds. The fourth-order valence-corrected chi connectivity index (χ4v) is 2.64. The van der Waals surface area contributed by atoms with Gasteiger partial charge in [0, 0.05) is 13.2 Å². The zero-order valence-electron chi connectivity index (χ0n) is 13.1. The molecule has 1 N–H and O–H groups in total. The van der Waals surface area contributed by atoms with E-state index >= 15 is 0 Å². The number of ether oxygens (including phenoxy) is 1. The maximum Gasteiger partial charge on any atom is 0.0699 e. The molecule has 18 heavy (non-hydrogen) atoms. The summed E-state index contributed by atoms with van der Waals surface area (Å²) in [6.07, 6.45) is 10.0. The molecule has 1 atom stereocenters. The third-order valence-corrected chi connectivity index (χ3v) is 3.54. The van der Waals surface area contributed by atoms with E-state index in [1.807, 2.05) is 13.8 Å². The largest absolute Gasteiger partial charge is 0.377 e. The van der Waals surface area contributed by atoms with Crippen LogP contribution in [0.4, 0.5) is 0 Å². The molecule has 1 saturated carbocycles. The molecule has 0 aliphatic heterocycles. The Balaban J connectivity index is 0.00000137. The minimum absolute atomic E-state index is 0.429. The first-order chi connectivity index (χ1) is 8.86. The molecule has 2 heteroatoms. The van der Waals surface area contributed by atoms with Crippen molar-refractivity contribution < 1.29 is 4.74 Å². The van der Waals surface area contributed by atoms with Crippen molar-refractivity contribution in [2.24, 2.45) is 5.92 Å². The predicted molar refractivity (Wildman–Crippen MR) is 81.1 cm³/mol. The number of hydrogen-bond acceptors (Lipinski definition) is 2. The van der Waals surface area contributed by atoms with E-state index in [0.717, 1.165) is 19.1 Å². The molecule has 0 aromatic heterocycles. The molecule has 1 fully saturated rings. The lowest BCUT2D eigenvalue weighted by atomic mass is 9.89. The topological polar surface area (TPSA) is 21.3 Å². The second-order valence-corrected chi connectivity index (χ2v) is 5.03. The summed E-state index contributed by atoms with van der Waals surface area (Å²) >= 11 is 0. The molecule has 0 bridgehead atoms. The van der Waals surface area contributed by atoms with Crippen LogP contribution in [0.5, 0.6) is 0 Å². The SMILES string of the molecule is CC.CCCC(CNCC1CCCCC1)OCC. The van der Waals surface area contributed by atoms with Gasteiger partial charge in [0.1, 0.15) is 0 Å². The van der Waals surface area contributed by atoms with Crippen LogP contribution in [0.15, 0.2) is 0 Å². The first-order valence-corrected chi connectivity index (χ1v) is 8.19. The molecular formula is C16H35NO. The zero-order valence-corrected chi connectivity index (χ0v) is 13.1. The highest BCUT2D eigenvalue weighted by molar-refractivity contribution is 4.69. The second kappa shape index (κ2) is 13.4. The van der Waals surface area contributed by atoms with Crippen molar-refractivity contribution >= 4 is 0 Å². The average Bonchev–Trinajstić information content (AvgIpc) is 2.43. The number of rotatable bonds is 8.